The first-order valence-corrected chi connectivity index (χ1v) is 8.04. The zero-order valence-electron chi connectivity index (χ0n) is 15.1. The molecular formula is C20H28O3. The van der Waals surface area contributed by atoms with Crippen molar-refractivity contribution < 1.29 is 14.3 Å². The van der Waals surface area contributed by atoms with E-state index in [1.54, 1.807) is 37.3 Å². The number of benzene rings is 1. The van der Waals surface area contributed by atoms with E-state index in [4.69, 9.17) is 4.74 Å². The van der Waals surface area contributed by atoms with E-state index < -0.39 is 17.9 Å². The average Bonchev–Trinajstić information content (AvgIpc) is 2.51. The van der Waals surface area contributed by atoms with Gasteiger partial charge in [0.25, 0.3) is 5.78 Å². The van der Waals surface area contributed by atoms with Gasteiger partial charge in [0.1, 0.15) is 6.10 Å². The van der Waals surface area contributed by atoms with Crippen LogP contribution in [0.1, 0.15) is 51.9 Å². The van der Waals surface area contributed by atoms with Gasteiger partial charge in [0, 0.05) is 11.5 Å². The van der Waals surface area contributed by atoms with Gasteiger partial charge < -0.3 is 4.74 Å². The van der Waals surface area contributed by atoms with Crippen LogP contribution in [0, 0.1) is 17.3 Å². The van der Waals surface area contributed by atoms with Crippen molar-refractivity contribution in [3.63, 3.8) is 0 Å². The lowest BCUT2D eigenvalue weighted by molar-refractivity contribution is -0.144. The van der Waals surface area contributed by atoms with Gasteiger partial charge >= 0.3 is 5.97 Å². The van der Waals surface area contributed by atoms with Crippen molar-refractivity contribution in [2.75, 3.05) is 0 Å². The SMILES string of the molecule is C=C(C(C)C(C)OC(=O)C(=O)c1ccccc1)C(C)C(C)(C)C. The minimum Gasteiger partial charge on any atom is -0.456 e. The molecule has 0 bridgehead atoms. The zero-order chi connectivity index (χ0) is 17.8. The second-order valence-electron chi connectivity index (χ2n) is 7.26. The number of esters is 1. The minimum absolute atomic E-state index is 0.0169. The van der Waals surface area contributed by atoms with E-state index in [1.807, 2.05) is 6.92 Å². The molecule has 0 saturated heterocycles. The Hall–Kier alpha value is -1.90. The standard InChI is InChI=1S/C20H28O3/c1-13(15(3)20(5,6)7)14(2)16(4)23-19(22)18(21)17-11-9-8-10-12-17/h8-12,14-16H,1H2,2-7H3. The van der Waals surface area contributed by atoms with E-state index in [2.05, 4.69) is 34.3 Å². The van der Waals surface area contributed by atoms with Crippen molar-refractivity contribution in [3.8, 4) is 0 Å². The minimum atomic E-state index is -0.813. The van der Waals surface area contributed by atoms with Crippen LogP contribution in [0.5, 0.6) is 0 Å². The molecule has 0 N–H and O–H groups in total. The zero-order valence-corrected chi connectivity index (χ0v) is 15.1. The lowest BCUT2D eigenvalue weighted by Crippen LogP contribution is -2.31. The summed E-state index contributed by atoms with van der Waals surface area (Å²) in [5, 5.41) is 0. The molecule has 1 aromatic carbocycles. The monoisotopic (exact) mass is 316 g/mol. The Bertz CT molecular complexity index is 566. The van der Waals surface area contributed by atoms with Crippen LogP contribution >= 0.6 is 0 Å². The van der Waals surface area contributed by atoms with Crippen LogP contribution in [0.2, 0.25) is 0 Å². The maximum absolute atomic E-state index is 12.1. The molecule has 23 heavy (non-hydrogen) atoms. The first-order chi connectivity index (χ1) is 10.6. The van der Waals surface area contributed by atoms with Gasteiger partial charge in [-0.3, -0.25) is 4.79 Å². The summed E-state index contributed by atoms with van der Waals surface area (Å²) in [5.41, 5.74) is 1.47. The number of carbonyl (C=O) groups excluding carboxylic acids is 2. The predicted molar refractivity (Wildman–Crippen MR) is 93.2 cm³/mol. The number of ketones is 1. The molecule has 1 rings (SSSR count). The molecule has 0 aromatic heterocycles. The summed E-state index contributed by atoms with van der Waals surface area (Å²) in [7, 11) is 0. The number of Topliss-reactive ketones (excluding diaryl/α,β-unsaturated/α-hetero) is 1. The van der Waals surface area contributed by atoms with Gasteiger partial charge in [0.2, 0.25) is 0 Å². The Morgan fingerprint density at radius 3 is 2.04 bits per heavy atom. The number of carbonyl (C=O) groups is 2. The Kier molecular flexibility index (Phi) is 6.31. The lowest BCUT2D eigenvalue weighted by Gasteiger charge is -2.33. The molecule has 0 saturated carbocycles. The number of hydrogen-bond acceptors (Lipinski definition) is 3. The molecule has 0 amide bonds. The Morgan fingerprint density at radius 2 is 1.57 bits per heavy atom. The normalized spacial score (nSPS) is 15.4. The number of ether oxygens (including phenoxy) is 1. The van der Waals surface area contributed by atoms with Gasteiger partial charge in [-0.25, -0.2) is 4.79 Å². The summed E-state index contributed by atoms with van der Waals surface area (Å²) in [6.45, 7) is 16.6. The van der Waals surface area contributed by atoms with E-state index in [0.29, 0.717) is 5.56 Å². The number of hydrogen-bond donors (Lipinski definition) is 0. The fourth-order valence-corrected chi connectivity index (χ4v) is 2.28. The molecule has 3 nitrogen and oxygen atoms in total. The van der Waals surface area contributed by atoms with Crippen LogP contribution in [0.4, 0.5) is 0 Å². The van der Waals surface area contributed by atoms with E-state index >= 15 is 0 Å². The lowest BCUT2D eigenvalue weighted by atomic mass is 9.73. The van der Waals surface area contributed by atoms with E-state index in [0.717, 1.165) is 5.57 Å². The van der Waals surface area contributed by atoms with Gasteiger partial charge in [-0.1, -0.05) is 77.1 Å². The van der Waals surface area contributed by atoms with Crippen LogP contribution in [0.15, 0.2) is 42.5 Å². The molecule has 126 valence electrons. The average molecular weight is 316 g/mol. The molecule has 3 unspecified atom stereocenters. The van der Waals surface area contributed by atoms with Crippen molar-refractivity contribution >= 4 is 11.8 Å². The topological polar surface area (TPSA) is 43.4 Å². The van der Waals surface area contributed by atoms with E-state index in [-0.39, 0.29) is 17.3 Å². The molecular weight excluding hydrogens is 288 g/mol. The van der Waals surface area contributed by atoms with Gasteiger partial charge in [-0.2, -0.15) is 0 Å². The summed E-state index contributed by atoms with van der Waals surface area (Å²) in [6.07, 6.45) is -0.396. The fraction of sp³-hybridized carbons (Fsp3) is 0.500. The first-order valence-electron chi connectivity index (χ1n) is 8.04. The summed E-state index contributed by atoms with van der Waals surface area (Å²) in [6, 6.07) is 8.46. The van der Waals surface area contributed by atoms with Crippen LogP contribution in [-0.2, 0) is 9.53 Å². The second-order valence-corrected chi connectivity index (χ2v) is 7.26. The highest BCUT2D eigenvalue weighted by molar-refractivity contribution is 6.40. The quantitative estimate of drug-likeness (QED) is 0.331. The summed E-state index contributed by atoms with van der Waals surface area (Å²) >= 11 is 0. The third kappa shape index (κ3) is 5.05. The van der Waals surface area contributed by atoms with Crippen LogP contribution < -0.4 is 0 Å². The second kappa shape index (κ2) is 7.58. The third-order valence-electron chi connectivity index (χ3n) is 4.66. The van der Waals surface area contributed by atoms with Crippen molar-refractivity contribution in [1.29, 1.82) is 0 Å². The highest BCUT2D eigenvalue weighted by Gasteiger charge is 2.30. The molecule has 0 radical (unpaired) electrons. The Morgan fingerprint density at radius 1 is 1.04 bits per heavy atom. The maximum Gasteiger partial charge on any atom is 0.379 e. The fourth-order valence-electron chi connectivity index (χ4n) is 2.28. The maximum atomic E-state index is 12.1. The smallest absolute Gasteiger partial charge is 0.379 e. The number of rotatable bonds is 6. The molecule has 0 aliphatic rings. The molecule has 3 heteroatoms. The third-order valence-corrected chi connectivity index (χ3v) is 4.66. The van der Waals surface area contributed by atoms with E-state index in [9.17, 15) is 9.59 Å². The predicted octanol–water partition coefficient (Wildman–Crippen LogP) is 4.68. The summed E-state index contributed by atoms with van der Waals surface area (Å²) < 4.78 is 5.36. The Labute approximate surface area is 139 Å². The van der Waals surface area contributed by atoms with Crippen molar-refractivity contribution in [2.24, 2.45) is 17.3 Å². The highest BCUT2D eigenvalue weighted by Crippen LogP contribution is 2.35. The van der Waals surface area contributed by atoms with Crippen LogP contribution in [0.25, 0.3) is 0 Å². The molecule has 0 spiro atoms. The summed E-state index contributed by atoms with van der Waals surface area (Å²) in [5.74, 6) is -1.16. The first kappa shape index (κ1) is 19.1. The molecule has 0 aliphatic carbocycles. The molecule has 0 fully saturated rings. The Balaban J connectivity index is 2.71. The van der Waals surface area contributed by atoms with Gasteiger partial charge in [-0.05, 0) is 18.3 Å². The van der Waals surface area contributed by atoms with Crippen molar-refractivity contribution in [2.45, 2.75) is 47.6 Å². The van der Waals surface area contributed by atoms with Crippen LogP contribution in [-0.4, -0.2) is 17.9 Å². The molecule has 3 atom stereocenters. The van der Waals surface area contributed by atoms with Crippen molar-refractivity contribution in [3.05, 3.63) is 48.0 Å². The van der Waals surface area contributed by atoms with Crippen LogP contribution in [0.3, 0.4) is 0 Å². The summed E-state index contributed by atoms with van der Waals surface area (Å²) in [4.78, 5) is 24.1. The van der Waals surface area contributed by atoms with Crippen molar-refractivity contribution in [1.82, 2.24) is 0 Å². The van der Waals surface area contributed by atoms with Gasteiger partial charge in [-0.15, -0.1) is 0 Å². The van der Waals surface area contributed by atoms with Gasteiger partial charge in [0.05, 0.1) is 0 Å². The highest BCUT2D eigenvalue weighted by atomic mass is 16.5. The molecule has 1 aromatic rings. The molecule has 0 heterocycles. The largest absolute Gasteiger partial charge is 0.456 e. The molecule has 0 aliphatic heterocycles. The van der Waals surface area contributed by atoms with Gasteiger partial charge in [0.15, 0.2) is 0 Å². The van der Waals surface area contributed by atoms with E-state index in [1.165, 1.54) is 0 Å².